The number of nitrogens with zero attached hydrogens (tertiary/aromatic N) is 2. The molecular weight excluding hydrogens is 312 g/mol. The molecule has 3 fully saturated rings. The van der Waals surface area contributed by atoms with Gasteiger partial charge in [-0.15, -0.1) is 0 Å². The van der Waals surface area contributed by atoms with Crippen molar-refractivity contribution in [3.8, 4) is 0 Å². The highest BCUT2D eigenvalue weighted by Crippen LogP contribution is 2.60. The summed E-state index contributed by atoms with van der Waals surface area (Å²) in [7, 11) is 0. The minimum Gasteiger partial charge on any atom is -0.340 e. The van der Waals surface area contributed by atoms with Gasteiger partial charge in [0.25, 0.3) is 0 Å². The fourth-order valence-electron chi connectivity index (χ4n) is 4.90. The summed E-state index contributed by atoms with van der Waals surface area (Å²) in [4.78, 5) is 28.6. The highest BCUT2D eigenvalue weighted by Gasteiger charge is 2.55. The van der Waals surface area contributed by atoms with Crippen LogP contribution in [0.4, 0.5) is 0 Å². The number of piperazine rings is 1. The van der Waals surface area contributed by atoms with Crippen LogP contribution in [-0.2, 0) is 9.59 Å². The maximum absolute atomic E-state index is 12.0. The van der Waals surface area contributed by atoms with Crippen molar-refractivity contribution in [3.63, 3.8) is 0 Å². The third-order valence-electron chi connectivity index (χ3n) is 6.31. The van der Waals surface area contributed by atoms with Crippen molar-refractivity contribution in [3.05, 3.63) is 0 Å². The van der Waals surface area contributed by atoms with E-state index < -0.39 is 0 Å². The molecule has 0 atom stereocenters. The van der Waals surface area contributed by atoms with E-state index in [1.54, 1.807) is 0 Å². The summed E-state index contributed by atoms with van der Waals surface area (Å²) in [5, 5.41) is 0. The van der Waals surface area contributed by atoms with Crippen molar-refractivity contribution in [2.45, 2.75) is 79.2 Å². The van der Waals surface area contributed by atoms with Crippen molar-refractivity contribution < 1.29 is 9.59 Å². The van der Waals surface area contributed by atoms with Gasteiger partial charge in [0, 0.05) is 50.5 Å². The van der Waals surface area contributed by atoms with Crippen LogP contribution in [0.2, 0.25) is 0 Å². The molecule has 1 heterocycles. The van der Waals surface area contributed by atoms with E-state index in [1.165, 1.54) is 12.8 Å². The molecule has 0 bridgehead atoms. The van der Waals surface area contributed by atoms with Gasteiger partial charge in [-0.2, -0.15) is 0 Å². The Morgan fingerprint density at radius 3 is 2.04 bits per heavy atom. The molecule has 3 aliphatic rings. The number of carbonyl (C=O) groups is 2. The zero-order valence-electron chi connectivity index (χ0n) is 17.0. The molecule has 1 amide bonds. The van der Waals surface area contributed by atoms with Crippen LogP contribution in [-0.4, -0.2) is 53.7 Å². The smallest absolute Gasteiger partial charge is 0.222 e. The van der Waals surface area contributed by atoms with Crippen LogP contribution in [0.25, 0.3) is 0 Å². The van der Waals surface area contributed by atoms with Gasteiger partial charge < -0.3 is 4.90 Å². The van der Waals surface area contributed by atoms with E-state index >= 15 is 0 Å². The normalized spacial score (nSPS) is 31.8. The minimum atomic E-state index is 0.196. The van der Waals surface area contributed by atoms with E-state index in [1.807, 2.05) is 32.6 Å². The van der Waals surface area contributed by atoms with Gasteiger partial charge in [-0.1, -0.05) is 34.6 Å². The molecule has 4 heteroatoms. The Labute approximate surface area is 154 Å². The van der Waals surface area contributed by atoms with E-state index in [4.69, 9.17) is 0 Å². The Balaban J connectivity index is 0.00000109. The van der Waals surface area contributed by atoms with Gasteiger partial charge in [0.05, 0.1) is 0 Å². The van der Waals surface area contributed by atoms with Crippen molar-refractivity contribution in [1.82, 2.24) is 9.80 Å². The summed E-state index contributed by atoms with van der Waals surface area (Å²) in [6.45, 7) is 14.0. The topological polar surface area (TPSA) is 40.6 Å². The number of carbonyl (C=O) groups excluding carboxylic acids is 2. The van der Waals surface area contributed by atoms with Crippen LogP contribution in [0, 0.1) is 17.3 Å². The monoisotopic (exact) mass is 350 g/mol. The molecule has 0 N–H and O–H groups in total. The van der Waals surface area contributed by atoms with Crippen LogP contribution in [0.1, 0.15) is 73.1 Å². The van der Waals surface area contributed by atoms with Crippen molar-refractivity contribution in [2.24, 2.45) is 17.3 Å². The lowest BCUT2D eigenvalue weighted by atomic mass is 9.48. The fourth-order valence-corrected chi connectivity index (χ4v) is 4.90. The van der Waals surface area contributed by atoms with Crippen molar-refractivity contribution in [1.29, 1.82) is 0 Å². The molecule has 2 saturated carbocycles. The Kier molecular flexibility index (Phi) is 7.07. The quantitative estimate of drug-likeness (QED) is 0.758. The Hall–Kier alpha value is -0.900. The largest absolute Gasteiger partial charge is 0.340 e. The molecule has 2 aliphatic carbocycles. The van der Waals surface area contributed by atoms with Crippen LogP contribution < -0.4 is 0 Å². The Bertz CT molecular complexity index is 453. The number of hydrogen-bond acceptors (Lipinski definition) is 3. The SMILES string of the molecule is CC.CCCC(=O)N1CCN(C2CC3(CC(C(=O)C(C)C)C3)C2)CC1. The average Bonchev–Trinajstić information content (AvgIpc) is 2.54. The predicted octanol–water partition coefficient (Wildman–Crippen LogP) is 3.74. The first kappa shape index (κ1) is 20.4. The molecule has 25 heavy (non-hydrogen) atoms. The van der Waals surface area contributed by atoms with E-state index in [0.717, 1.165) is 45.4 Å². The maximum Gasteiger partial charge on any atom is 0.222 e. The lowest BCUT2D eigenvalue weighted by Gasteiger charge is -2.60. The second-order valence-corrected chi connectivity index (χ2v) is 8.39. The van der Waals surface area contributed by atoms with E-state index in [2.05, 4.69) is 11.8 Å². The second kappa shape index (κ2) is 8.66. The van der Waals surface area contributed by atoms with E-state index in [0.29, 0.717) is 35.5 Å². The van der Waals surface area contributed by atoms with E-state index in [-0.39, 0.29) is 5.92 Å². The molecule has 1 saturated heterocycles. The number of hydrogen-bond donors (Lipinski definition) is 0. The van der Waals surface area contributed by atoms with Crippen molar-refractivity contribution in [2.75, 3.05) is 26.2 Å². The highest BCUT2D eigenvalue weighted by atomic mass is 16.2. The molecule has 1 spiro atoms. The molecule has 0 aromatic heterocycles. The number of Topliss-reactive ketones (excluding diaryl/α,β-unsaturated/α-hetero) is 1. The third-order valence-corrected chi connectivity index (χ3v) is 6.31. The van der Waals surface area contributed by atoms with Crippen LogP contribution in [0.3, 0.4) is 0 Å². The lowest BCUT2D eigenvalue weighted by molar-refractivity contribution is -0.146. The number of rotatable bonds is 5. The van der Waals surface area contributed by atoms with Crippen LogP contribution in [0.15, 0.2) is 0 Å². The summed E-state index contributed by atoms with van der Waals surface area (Å²) in [6, 6.07) is 0.702. The summed E-state index contributed by atoms with van der Waals surface area (Å²) in [5.41, 5.74) is 0.495. The summed E-state index contributed by atoms with van der Waals surface area (Å²) in [6.07, 6.45) is 6.46. The van der Waals surface area contributed by atoms with Gasteiger partial charge in [0.15, 0.2) is 0 Å². The summed E-state index contributed by atoms with van der Waals surface area (Å²) >= 11 is 0. The molecule has 0 aromatic carbocycles. The van der Waals surface area contributed by atoms with Gasteiger partial charge in [-0.3, -0.25) is 14.5 Å². The zero-order valence-corrected chi connectivity index (χ0v) is 17.0. The lowest BCUT2D eigenvalue weighted by Crippen LogP contribution is -2.61. The second-order valence-electron chi connectivity index (χ2n) is 8.39. The average molecular weight is 351 g/mol. The Morgan fingerprint density at radius 2 is 1.56 bits per heavy atom. The molecule has 3 rings (SSSR count). The first-order valence-electron chi connectivity index (χ1n) is 10.5. The molecule has 0 aromatic rings. The molecule has 144 valence electrons. The number of amides is 1. The van der Waals surface area contributed by atoms with Crippen molar-refractivity contribution >= 4 is 11.7 Å². The predicted molar refractivity (Wildman–Crippen MR) is 102 cm³/mol. The summed E-state index contributed by atoms with van der Waals surface area (Å²) in [5.74, 6) is 1.34. The first-order valence-corrected chi connectivity index (χ1v) is 10.5. The molecule has 0 unspecified atom stereocenters. The van der Waals surface area contributed by atoms with Gasteiger partial charge in [-0.05, 0) is 37.5 Å². The van der Waals surface area contributed by atoms with Gasteiger partial charge in [0.2, 0.25) is 5.91 Å². The highest BCUT2D eigenvalue weighted by molar-refractivity contribution is 5.83. The van der Waals surface area contributed by atoms with Crippen LogP contribution >= 0.6 is 0 Å². The van der Waals surface area contributed by atoms with Gasteiger partial charge >= 0.3 is 0 Å². The molecule has 1 aliphatic heterocycles. The first-order chi connectivity index (χ1) is 11.9. The Morgan fingerprint density at radius 1 is 1.00 bits per heavy atom. The molecular formula is C21H38N2O2. The number of ketones is 1. The van der Waals surface area contributed by atoms with E-state index in [9.17, 15) is 9.59 Å². The fraction of sp³-hybridized carbons (Fsp3) is 0.905. The molecule has 4 nitrogen and oxygen atoms in total. The maximum atomic E-state index is 12.0. The zero-order chi connectivity index (χ0) is 18.6. The van der Waals surface area contributed by atoms with Gasteiger partial charge in [-0.25, -0.2) is 0 Å². The van der Waals surface area contributed by atoms with Gasteiger partial charge in [0.1, 0.15) is 5.78 Å². The standard InChI is InChI=1S/C19H32N2O2.C2H6/c1-4-5-17(22)21-8-6-20(7-9-21)16-12-19(13-16)10-15(11-19)18(23)14(2)3;1-2/h14-16H,4-13H2,1-3H3;1-2H3. The molecule has 0 radical (unpaired) electrons. The van der Waals surface area contributed by atoms with Crippen LogP contribution in [0.5, 0.6) is 0 Å². The summed E-state index contributed by atoms with van der Waals surface area (Å²) < 4.78 is 0. The minimum absolute atomic E-state index is 0.196. The third kappa shape index (κ3) is 4.45.